The van der Waals surface area contributed by atoms with Gasteiger partial charge < -0.3 is 14.5 Å². The standard InChI is InChI=1S/C19H28N2O3SSi/c1-19(2,3)26(4,5)24-13-6-7-15-14(9-13)12(10-20-15)8-17-21-16(11-25-17)18(22)23/h6-7,9-10,16-17,20-21H,8,11H2,1-5H3,(H,22,23)/t16-,17+/m0/s1. The van der Waals surface area contributed by atoms with E-state index in [-0.39, 0.29) is 10.4 Å². The Hall–Kier alpha value is -1.44. The maximum atomic E-state index is 11.1. The molecule has 1 fully saturated rings. The molecule has 2 aromatic rings. The van der Waals surface area contributed by atoms with Crippen LogP contribution in [-0.4, -0.2) is 41.5 Å². The number of hydrogen-bond donors (Lipinski definition) is 3. The molecule has 0 unspecified atom stereocenters. The van der Waals surface area contributed by atoms with E-state index in [4.69, 9.17) is 9.53 Å². The molecule has 0 bridgehead atoms. The Labute approximate surface area is 160 Å². The summed E-state index contributed by atoms with van der Waals surface area (Å²) in [5, 5.41) is 13.8. The van der Waals surface area contributed by atoms with Crippen molar-refractivity contribution in [3.05, 3.63) is 30.0 Å². The van der Waals surface area contributed by atoms with Gasteiger partial charge in [0.15, 0.2) is 0 Å². The van der Waals surface area contributed by atoms with Crippen molar-refractivity contribution in [3.8, 4) is 5.75 Å². The van der Waals surface area contributed by atoms with Gasteiger partial charge in [0, 0.05) is 22.9 Å². The molecule has 7 heteroatoms. The number of fused-ring (bicyclic) bond motifs is 1. The van der Waals surface area contributed by atoms with Crippen molar-refractivity contribution in [2.75, 3.05) is 5.75 Å². The number of H-pyrrole nitrogens is 1. The molecule has 0 amide bonds. The maximum Gasteiger partial charge on any atom is 0.321 e. The molecule has 0 radical (unpaired) electrons. The Morgan fingerprint density at radius 2 is 2.12 bits per heavy atom. The predicted molar refractivity (Wildman–Crippen MR) is 111 cm³/mol. The lowest BCUT2D eigenvalue weighted by atomic mass is 10.1. The highest BCUT2D eigenvalue weighted by Crippen LogP contribution is 2.38. The van der Waals surface area contributed by atoms with Crippen LogP contribution in [-0.2, 0) is 11.2 Å². The fraction of sp³-hybridized carbons (Fsp3) is 0.526. The van der Waals surface area contributed by atoms with Crippen molar-refractivity contribution < 1.29 is 14.3 Å². The summed E-state index contributed by atoms with van der Waals surface area (Å²) in [5.41, 5.74) is 2.28. The van der Waals surface area contributed by atoms with Crippen molar-refractivity contribution in [2.24, 2.45) is 0 Å². The van der Waals surface area contributed by atoms with Crippen LogP contribution in [0, 0.1) is 0 Å². The van der Waals surface area contributed by atoms with Crippen molar-refractivity contribution in [3.63, 3.8) is 0 Å². The molecule has 1 aliphatic heterocycles. The summed E-state index contributed by atoms with van der Waals surface area (Å²) < 4.78 is 6.44. The van der Waals surface area contributed by atoms with Crippen LogP contribution >= 0.6 is 11.8 Å². The van der Waals surface area contributed by atoms with Crippen LogP contribution in [0.2, 0.25) is 18.1 Å². The van der Waals surface area contributed by atoms with E-state index in [1.165, 1.54) is 5.56 Å². The summed E-state index contributed by atoms with van der Waals surface area (Å²) in [5.74, 6) is 0.756. The number of aliphatic carboxylic acids is 1. The van der Waals surface area contributed by atoms with Gasteiger partial charge >= 0.3 is 5.97 Å². The van der Waals surface area contributed by atoms with Crippen molar-refractivity contribution in [1.29, 1.82) is 0 Å². The molecule has 3 N–H and O–H groups in total. The van der Waals surface area contributed by atoms with E-state index < -0.39 is 20.3 Å². The number of aromatic nitrogens is 1. The second-order valence-electron chi connectivity index (χ2n) is 8.47. The second kappa shape index (κ2) is 6.94. The largest absolute Gasteiger partial charge is 0.543 e. The first-order valence-corrected chi connectivity index (χ1v) is 12.9. The molecule has 0 saturated carbocycles. The van der Waals surface area contributed by atoms with Gasteiger partial charge in [-0.05, 0) is 48.3 Å². The Balaban J connectivity index is 1.80. The molecule has 1 saturated heterocycles. The van der Waals surface area contributed by atoms with Gasteiger partial charge in [0.25, 0.3) is 0 Å². The highest BCUT2D eigenvalue weighted by Gasteiger charge is 2.39. The number of carboxylic acid groups (broad SMARTS) is 1. The van der Waals surface area contributed by atoms with E-state index in [1.54, 1.807) is 11.8 Å². The first-order valence-electron chi connectivity index (χ1n) is 8.96. The number of rotatable bonds is 5. The summed E-state index contributed by atoms with van der Waals surface area (Å²) >= 11 is 1.67. The number of benzene rings is 1. The van der Waals surface area contributed by atoms with Gasteiger partial charge in [-0.2, -0.15) is 0 Å². The highest BCUT2D eigenvalue weighted by molar-refractivity contribution is 8.00. The molecule has 26 heavy (non-hydrogen) atoms. The summed E-state index contributed by atoms with van der Waals surface area (Å²) in [6.07, 6.45) is 2.81. The molecule has 142 valence electrons. The van der Waals surface area contributed by atoms with Gasteiger partial charge in [0.1, 0.15) is 11.8 Å². The SMILES string of the molecule is CC(C)(C)[Si](C)(C)Oc1ccc2[nH]cc(C[C@@H]3N[C@H](C(=O)O)CS3)c2c1. The van der Waals surface area contributed by atoms with Crippen molar-refractivity contribution in [2.45, 2.75) is 56.7 Å². The number of hydrogen-bond acceptors (Lipinski definition) is 4. The van der Waals surface area contributed by atoms with Crippen LogP contribution < -0.4 is 9.74 Å². The first kappa shape index (κ1) is 19.3. The van der Waals surface area contributed by atoms with Crippen LogP contribution in [0.3, 0.4) is 0 Å². The van der Waals surface area contributed by atoms with Crippen LogP contribution in [0.25, 0.3) is 10.9 Å². The van der Waals surface area contributed by atoms with Gasteiger partial charge in [0.2, 0.25) is 8.32 Å². The molecule has 3 rings (SSSR count). The lowest BCUT2D eigenvalue weighted by Gasteiger charge is -2.36. The molecule has 1 aromatic carbocycles. The predicted octanol–water partition coefficient (Wildman–Crippen LogP) is 4.21. The van der Waals surface area contributed by atoms with Gasteiger partial charge in [-0.3, -0.25) is 10.1 Å². The fourth-order valence-corrected chi connectivity index (χ4v) is 5.07. The normalized spacial score (nSPS) is 21.3. The number of nitrogens with one attached hydrogen (secondary N) is 2. The summed E-state index contributed by atoms with van der Waals surface area (Å²) in [7, 11) is -1.88. The van der Waals surface area contributed by atoms with Crippen LogP contribution in [0.1, 0.15) is 26.3 Å². The second-order valence-corrected chi connectivity index (χ2v) is 14.4. The quantitative estimate of drug-likeness (QED) is 0.665. The zero-order chi connectivity index (χ0) is 19.1. The van der Waals surface area contributed by atoms with Crippen LogP contribution in [0.5, 0.6) is 5.75 Å². The zero-order valence-corrected chi connectivity index (χ0v) is 17.9. The number of thioether (sulfide) groups is 1. The van der Waals surface area contributed by atoms with Gasteiger partial charge in [-0.25, -0.2) is 0 Å². The zero-order valence-electron chi connectivity index (χ0n) is 16.1. The Morgan fingerprint density at radius 3 is 2.73 bits per heavy atom. The Bertz CT molecular complexity index is 813. The van der Waals surface area contributed by atoms with Crippen molar-refractivity contribution in [1.82, 2.24) is 10.3 Å². The summed E-state index contributed by atoms with van der Waals surface area (Å²) in [6.45, 7) is 11.2. The molecule has 1 aromatic heterocycles. The van der Waals surface area contributed by atoms with E-state index in [1.807, 2.05) is 12.3 Å². The minimum absolute atomic E-state index is 0.125. The maximum absolute atomic E-state index is 11.1. The number of carbonyl (C=O) groups is 1. The molecular formula is C19H28N2O3SSi. The molecule has 0 aliphatic carbocycles. The smallest absolute Gasteiger partial charge is 0.321 e. The molecule has 2 heterocycles. The van der Waals surface area contributed by atoms with Gasteiger partial charge in [-0.15, -0.1) is 11.8 Å². The van der Waals surface area contributed by atoms with Crippen LogP contribution in [0.4, 0.5) is 0 Å². The topological polar surface area (TPSA) is 74.3 Å². The third-order valence-electron chi connectivity index (χ3n) is 5.47. The van der Waals surface area contributed by atoms with E-state index in [0.717, 1.165) is 23.1 Å². The fourth-order valence-electron chi connectivity index (χ4n) is 2.83. The van der Waals surface area contributed by atoms with Gasteiger partial charge in [-0.1, -0.05) is 20.8 Å². The van der Waals surface area contributed by atoms with E-state index >= 15 is 0 Å². The van der Waals surface area contributed by atoms with E-state index in [9.17, 15) is 4.79 Å². The lowest BCUT2D eigenvalue weighted by molar-refractivity contribution is -0.138. The number of carboxylic acids is 1. The monoisotopic (exact) mass is 392 g/mol. The molecule has 0 spiro atoms. The Morgan fingerprint density at radius 1 is 1.38 bits per heavy atom. The third-order valence-corrected chi connectivity index (χ3v) is 11.1. The summed E-state index contributed by atoms with van der Waals surface area (Å²) in [4.78, 5) is 14.4. The highest BCUT2D eigenvalue weighted by atomic mass is 32.2. The third kappa shape index (κ3) is 3.94. The van der Waals surface area contributed by atoms with E-state index in [2.05, 4.69) is 56.3 Å². The Kier molecular flexibility index (Phi) is 5.16. The van der Waals surface area contributed by atoms with E-state index in [0.29, 0.717) is 5.75 Å². The number of aromatic amines is 1. The van der Waals surface area contributed by atoms with Gasteiger partial charge in [0.05, 0.1) is 5.37 Å². The average Bonchev–Trinajstić information content (AvgIpc) is 3.14. The van der Waals surface area contributed by atoms with Crippen LogP contribution in [0.15, 0.2) is 24.4 Å². The lowest BCUT2D eigenvalue weighted by Crippen LogP contribution is -2.43. The first-order chi connectivity index (χ1) is 12.1. The molecule has 5 nitrogen and oxygen atoms in total. The minimum Gasteiger partial charge on any atom is -0.543 e. The van der Waals surface area contributed by atoms with Crippen molar-refractivity contribution >= 4 is 37.0 Å². The molecular weight excluding hydrogens is 364 g/mol. The summed E-state index contributed by atoms with van der Waals surface area (Å²) in [6, 6.07) is 5.77. The minimum atomic E-state index is -1.88. The molecule has 2 atom stereocenters. The average molecular weight is 393 g/mol. The molecule has 1 aliphatic rings.